The van der Waals surface area contributed by atoms with Crippen LogP contribution in [0.25, 0.3) is 0 Å². The lowest BCUT2D eigenvalue weighted by molar-refractivity contribution is 0.278. The lowest BCUT2D eigenvalue weighted by atomic mass is 10.1. The number of rotatable bonds is 6. The molecule has 108 valence electrons. The normalized spacial score (nSPS) is 10.4. The molecule has 0 spiro atoms. The molecule has 0 saturated heterocycles. The molecule has 2 rings (SSSR count). The highest BCUT2D eigenvalue weighted by molar-refractivity contribution is 5.56. The predicted molar refractivity (Wildman–Crippen MR) is 76.9 cm³/mol. The number of aliphatic hydroxyl groups excluding tert-OH is 1. The summed E-state index contributed by atoms with van der Waals surface area (Å²) in [6.45, 7) is -0.0918. The van der Waals surface area contributed by atoms with Gasteiger partial charge in [0.15, 0.2) is 11.5 Å². The van der Waals surface area contributed by atoms with Crippen molar-refractivity contribution in [1.29, 1.82) is 0 Å². The summed E-state index contributed by atoms with van der Waals surface area (Å²) in [7, 11) is 3.21. The van der Waals surface area contributed by atoms with Crippen molar-refractivity contribution in [2.75, 3.05) is 19.6 Å². The Balaban J connectivity index is 2.28. The number of methoxy groups -OCH3 is 2. The fourth-order valence-electron chi connectivity index (χ4n) is 2.17. The van der Waals surface area contributed by atoms with Crippen LogP contribution in [0.3, 0.4) is 0 Å². The summed E-state index contributed by atoms with van der Waals surface area (Å²) in [6, 6.07) is 5.75. The van der Waals surface area contributed by atoms with E-state index in [0.29, 0.717) is 23.6 Å². The van der Waals surface area contributed by atoms with E-state index in [9.17, 15) is 5.11 Å². The van der Waals surface area contributed by atoms with Gasteiger partial charge in [0.1, 0.15) is 0 Å². The van der Waals surface area contributed by atoms with E-state index in [0.717, 1.165) is 16.8 Å². The van der Waals surface area contributed by atoms with Gasteiger partial charge in [-0.1, -0.05) is 6.07 Å². The van der Waals surface area contributed by atoms with Crippen LogP contribution in [-0.2, 0) is 13.0 Å². The third-order valence-electron chi connectivity index (χ3n) is 3.19. The summed E-state index contributed by atoms with van der Waals surface area (Å²) in [5.41, 5.74) is 6.05. The monoisotopic (exact) mass is 277 g/mol. The first-order valence-corrected chi connectivity index (χ1v) is 6.21. The number of nitrogens with one attached hydrogen (secondary N) is 2. The van der Waals surface area contributed by atoms with Gasteiger partial charge in [0, 0.05) is 12.6 Å². The van der Waals surface area contributed by atoms with Crippen LogP contribution in [-0.4, -0.2) is 24.3 Å². The van der Waals surface area contributed by atoms with Crippen LogP contribution in [0.15, 0.2) is 24.4 Å². The standard InChI is InChI=1S/C14H19N3O3/c1-19-12-4-3-9(6-13(12)20-2)5-10-7-16-11(8-18)14(10)17-15/h3-4,6-7,16-18H,5,8,15H2,1-2H3. The number of aromatic nitrogens is 1. The van der Waals surface area contributed by atoms with Crippen LogP contribution in [0.1, 0.15) is 16.8 Å². The van der Waals surface area contributed by atoms with E-state index >= 15 is 0 Å². The zero-order valence-corrected chi connectivity index (χ0v) is 11.6. The number of benzene rings is 1. The lowest BCUT2D eigenvalue weighted by Crippen LogP contribution is -2.10. The van der Waals surface area contributed by atoms with Gasteiger partial charge in [-0.25, -0.2) is 0 Å². The topological polar surface area (TPSA) is 92.5 Å². The van der Waals surface area contributed by atoms with Crippen LogP contribution in [0, 0.1) is 0 Å². The Morgan fingerprint density at radius 2 is 2.00 bits per heavy atom. The van der Waals surface area contributed by atoms with Gasteiger partial charge in [0.05, 0.1) is 32.2 Å². The minimum atomic E-state index is -0.0918. The zero-order chi connectivity index (χ0) is 14.5. The van der Waals surface area contributed by atoms with Gasteiger partial charge >= 0.3 is 0 Å². The maximum Gasteiger partial charge on any atom is 0.160 e. The number of hydrogen-bond acceptors (Lipinski definition) is 5. The number of ether oxygens (including phenoxy) is 2. The molecule has 2 aromatic rings. The van der Waals surface area contributed by atoms with Gasteiger partial charge in [-0.2, -0.15) is 0 Å². The average molecular weight is 277 g/mol. The van der Waals surface area contributed by atoms with E-state index in [1.165, 1.54) is 0 Å². The molecule has 0 aliphatic carbocycles. The van der Waals surface area contributed by atoms with E-state index in [1.807, 2.05) is 24.4 Å². The molecule has 0 aliphatic rings. The van der Waals surface area contributed by atoms with Crippen LogP contribution < -0.4 is 20.7 Å². The SMILES string of the molecule is COc1ccc(Cc2c[nH]c(CO)c2NN)cc1OC. The number of nitrogen functional groups attached to an aromatic ring is 1. The Hall–Kier alpha value is -2.18. The first kappa shape index (κ1) is 14.2. The molecule has 0 amide bonds. The molecule has 0 fully saturated rings. The fourth-order valence-corrected chi connectivity index (χ4v) is 2.17. The van der Waals surface area contributed by atoms with Crippen LogP contribution >= 0.6 is 0 Å². The van der Waals surface area contributed by atoms with Crippen LogP contribution in [0.4, 0.5) is 5.69 Å². The maximum absolute atomic E-state index is 9.22. The number of H-pyrrole nitrogens is 1. The van der Waals surface area contributed by atoms with Crippen molar-refractivity contribution in [2.45, 2.75) is 13.0 Å². The molecule has 0 radical (unpaired) electrons. The van der Waals surface area contributed by atoms with Gasteiger partial charge in [-0.05, 0) is 23.3 Å². The molecule has 20 heavy (non-hydrogen) atoms. The molecular weight excluding hydrogens is 258 g/mol. The Labute approximate surface area is 117 Å². The van der Waals surface area contributed by atoms with Gasteiger partial charge < -0.3 is 25.0 Å². The van der Waals surface area contributed by atoms with E-state index in [-0.39, 0.29) is 6.61 Å². The molecule has 6 nitrogen and oxygen atoms in total. The maximum atomic E-state index is 9.22. The number of aromatic amines is 1. The first-order chi connectivity index (χ1) is 9.73. The summed E-state index contributed by atoms with van der Waals surface area (Å²) >= 11 is 0. The molecule has 1 aromatic carbocycles. The van der Waals surface area contributed by atoms with Crippen molar-refractivity contribution in [3.8, 4) is 11.5 Å². The quantitative estimate of drug-likeness (QED) is 0.473. The van der Waals surface area contributed by atoms with Crippen molar-refractivity contribution < 1.29 is 14.6 Å². The largest absolute Gasteiger partial charge is 0.493 e. The van der Waals surface area contributed by atoms with Crippen molar-refractivity contribution >= 4 is 5.69 Å². The number of hydrogen-bond donors (Lipinski definition) is 4. The number of nitrogens with two attached hydrogens (primary N) is 1. The highest BCUT2D eigenvalue weighted by Gasteiger charge is 2.11. The van der Waals surface area contributed by atoms with Gasteiger partial charge in [-0.15, -0.1) is 0 Å². The minimum Gasteiger partial charge on any atom is -0.493 e. The fraction of sp³-hybridized carbons (Fsp3) is 0.286. The molecule has 0 atom stereocenters. The molecule has 0 bridgehead atoms. The van der Waals surface area contributed by atoms with Crippen LogP contribution in [0.2, 0.25) is 0 Å². The van der Waals surface area contributed by atoms with Crippen LogP contribution in [0.5, 0.6) is 11.5 Å². The van der Waals surface area contributed by atoms with E-state index in [1.54, 1.807) is 14.2 Å². The predicted octanol–water partition coefficient (Wildman–Crippen LogP) is 1.40. The van der Waals surface area contributed by atoms with Gasteiger partial charge in [0.25, 0.3) is 0 Å². The van der Waals surface area contributed by atoms with E-state index < -0.39 is 0 Å². The second kappa shape index (κ2) is 6.31. The van der Waals surface area contributed by atoms with E-state index in [2.05, 4.69) is 10.4 Å². The number of aliphatic hydroxyl groups is 1. The Bertz CT molecular complexity index is 581. The second-order valence-electron chi connectivity index (χ2n) is 4.34. The van der Waals surface area contributed by atoms with E-state index in [4.69, 9.17) is 15.3 Å². The first-order valence-electron chi connectivity index (χ1n) is 6.21. The Morgan fingerprint density at radius 1 is 1.25 bits per heavy atom. The zero-order valence-electron chi connectivity index (χ0n) is 11.6. The number of anilines is 1. The molecular formula is C14H19N3O3. The average Bonchev–Trinajstić information content (AvgIpc) is 2.88. The van der Waals surface area contributed by atoms with Crippen molar-refractivity contribution in [1.82, 2.24) is 4.98 Å². The smallest absolute Gasteiger partial charge is 0.160 e. The van der Waals surface area contributed by atoms with Gasteiger partial charge in [0.2, 0.25) is 0 Å². The molecule has 1 heterocycles. The summed E-state index contributed by atoms with van der Waals surface area (Å²) in [6.07, 6.45) is 2.49. The number of hydrazine groups is 1. The van der Waals surface area contributed by atoms with Crippen molar-refractivity contribution in [2.24, 2.45) is 5.84 Å². The van der Waals surface area contributed by atoms with Crippen molar-refractivity contribution in [3.63, 3.8) is 0 Å². The molecule has 5 N–H and O–H groups in total. The minimum absolute atomic E-state index is 0.0918. The third-order valence-corrected chi connectivity index (χ3v) is 3.19. The second-order valence-corrected chi connectivity index (χ2v) is 4.34. The van der Waals surface area contributed by atoms with Gasteiger partial charge in [-0.3, -0.25) is 5.84 Å². The summed E-state index contributed by atoms with van der Waals surface area (Å²) < 4.78 is 10.5. The molecule has 0 aliphatic heterocycles. The Kier molecular flexibility index (Phi) is 4.49. The third kappa shape index (κ3) is 2.71. The summed E-state index contributed by atoms with van der Waals surface area (Å²) in [5, 5.41) is 9.22. The highest BCUT2D eigenvalue weighted by atomic mass is 16.5. The molecule has 1 aromatic heterocycles. The summed E-state index contributed by atoms with van der Waals surface area (Å²) in [4.78, 5) is 3.00. The molecule has 6 heteroatoms. The Morgan fingerprint density at radius 3 is 2.60 bits per heavy atom. The van der Waals surface area contributed by atoms with Crippen molar-refractivity contribution in [3.05, 3.63) is 41.2 Å². The summed E-state index contributed by atoms with van der Waals surface area (Å²) in [5.74, 6) is 6.88. The molecule has 0 saturated carbocycles. The highest BCUT2D eigenvalue weighted by Crippen LogP contribution is 2.30. The lowest BCUT2D eigenvalue weighted by Gasteiger charge is -2.10. The molecule has 0 unspecified atom stereocenters.